The second-order valence-corrected chi connectivity index (χ2v) is 5.25. The van der Waals surface area contributed by atoms with Gasteiger partial charge in [-0.1, -0.05) is 20.8 Å². The van der Waals surface area contributed by atoms with Crippen molar-refractivity contribution in [3.63, 3.8) is 0 Å². The van der Waals surface area contributed by atoms with Crippen LogP contribution in [0.5, 0.6) is 0 Å². The molecule has 0 saturated carbocycles. The SMILES string of the molecule is Cn1c(CC(C)(C)C)nc(Br)c1N. The number of anilines is 1. The first-order valence-electron chi connectivity index (χ1n) is 4.28. The smallest absolute Gasteiger partial charge is 0.148 e. The molecule has 1 aromatic rings. The zero-order valence-corrected chi connectivity index (χ0v) is 10.1. The standard InChI is InChI=1S/C9H16BrN3/c1-9(2,3)5-6-12-7(10)8(11)13(6)4/h5,11H2,1-4H3. The lowest BCUT2D eigenvalue weighted by Crippen LogP contribution is -2.13. The van der Waals surface area contributed by atoms with Crippen LogP contribution in [0.25, 0.3) is 0 Å². The van der Waals surface area contributed by atoms with Crippen LogP contribution in [0.15, 0.2) is 4.60 Å². The van der Waals surface area contributed by atoms with Gasteiger partial charge in [-0.15, -0.1) is 0 Å². The van der Waals surface area contributed by atoms with Gasteiger partial charge in [0.25, 0.3) is 0 Å². The summed E-state index contributed by atoms with van der Waals surface area (Å²) in [6.07, 6.45) is 0.930. The van der Waals surface area contributed by atoms with Gasteiger partial charge in [0.1, 0.15) is 16.2 Å². The first kappa shape index (κ1) is 10.6. The molecule has 0 aliphatic carbocycles. The maximum Gasteiger partial charge on any atom is 0.148 e. The average molecular weight is 246 g/mol. The molecule has 0 unspecified atom stereocenters. The summed E-state index contributed by atoms with van der Waals surface area (Å²) in [6, 6.07) is 0. The van der Waals surface area contributed by atoms with Crippen LogP contribution in [0.2, 0.25) is 0 Å². The van der Waals surface area contributed by atoms with E-state index in [0.29, 0.717) is 5.82 Å². The fourth-order valence-corrected chi connectivity index (χ4v) is 1.63. The highest BCUT2D eigenvalue weighted by molar-refractivity contribution is 9.10. The van der Waals surface area contributed by atoms with Gasteiger partial charge < -0.3 is 10.3 Å². The minimum atomic E-state index is 0.241. The predicted octanol–water partition coefficient (Wildman–Crippen LogP) is 2.35. The molecule has 74 valence electrons. The minimum absolute atomic E-state index is 0.241. The molecule has 0 aliphatic rings. The van der Waals surface area contributed by atoms with Gasteiger partial charge >= 0.3 is 0 Å². The molecule has 0 aromatic carbocycles. The van der Waals surface area contributed by atoms with Crippen molar-refractivity contribution in [1.82, 2.24) is 9.55 Å². The Bertz CT molecular complexity index is 309. The highest BCUT2D eigenvalue weighted by Crippen LogP contribution is 2.24. The lowest BCUT2D eigenvalue weighted by Gasteiger charge is -2.17. The van der Waals surface area contributed by atoms with E-state index < -0.39 is 0 Å². The molecule has 1 rings (SSSR count). The van der Waals surface area contributed by atoms with Crippen LogP contribution in [0.1, 0.15) is 26.6 Å². The number of rotatable bonds is 1. The summed E-state index contributed by atoms with van der Waals surface area (Å²) in [7, 11) is 1.94. The normalized spacial score (nSPS) is 12.1. The number of nitrogen functional groups attached to an aromatic ring is 1. The Hall–Kier alpha value is -0.510. The maximum atomic E-state index is 5.78. The Morgan fingerprint density at radius 2 is 2.00 bits per heavy atom. The molecule has 4 heteroatoms. The summed E-state index contributed by atoms with van der Waals surface area (Å²) < 4.78 is 2.67. The molecule has 1 aromatic heterocycles. The maximum absolute atomic E-state index is 5.78. The minimum Gasteiger partial charge on any atom is -0.383 e. The number of aromatic nitrogens is 2. The molecule has 0 amide bonds. The lowest BCUT2D eigenvalue weighted by atomic mass is 9.92. The third kappa shape index (κ3) is 2.46. The third-order valence-corrected chi connectivity index (χ3v) is 2.46. The van der Waals surface area contributed by atoms with Gasteiger partial charge in [0, 0.05) is 13.5 Å². The van der Waals surface area contributed by atoms with E-state index in [9.17, 15) is 0 Å². The van der Waals surface area contributed by atoms with E-state index in [1.165, 1.54) is 0 Å². The van der Waals surface area contributed by atoms with Crippen molar-refractivity contribution in [3.8, 4) is 0 Å². The molecule has 0 saturated heterocycles. The predicted molar refractivity (Wildman–Crippen MR) is 58.5 cm³/mol. The third-order valence-electron chi connectivity index (χ3n) is 1.88. The fourth-order valence-electron chi connectivity index (χ4n) is 1.16. The van der Waals surface area contributed by atoms with E-state index in [0.717, 1.165) is 16.8 Å². The van der Waals surface area contributed by atoms with Gasteiger partial charge in [-0.05, 0) is 21.3 Å². The highest BCUT2D eigenvalue weighted by atomic mass is 79.9. The highest BCUT2D eigenvalue weighted by Gasteiger charge is 2.17. The largest absolute Gasteiger partial charge is 0.383 e. The molecule has 0 atom stereocenters. The summed E-state index contributed by atoms with van der Waals surface area (Å²) in [6.45, 7) is 6.56. The summed E-state index contributed by atoms with van der Waals surface area (Å²) in [4.78, 5) is 4.35. The van der Waals surface area contributed by atoms with Crippen LogP contribution >= 0.6 is 15.9 Å². The zero-order chi connectivity index (χ0) is 10.2. The quantitative estimate of drug-likeness (QED) is 0.826. The number of hydrogen-bond acceptors (Lipinski definition) is 2. The van der Waals surface area contributed by atoms with Gasteiger partial charge in [-0.3, -0.25) is 0 Å². The molecule has 13 heavy (non-hydrogen) atoms. The van der Waals surface area contributed by atoms with Crippen LogP contribution in [0.4, 0.5) is 5.82 Å². The van der Waals surface area contributed by atoms with Gasteiger partial charge in [-0.2, -0.15) is 0 Å². The Morgan fingerprint density at radius 3 is 2.31 bits per heavy atom. The topological polar surface area (TPSA) is 43.8 Å². The van der Waals surface area contributed by atoms with Crippen molar-refractivity contribution >= 4 is 21.7 Å². The zero-order valence-electron chi connectivity index (χ0n) is 8.56. The first-order chi connectivity index (χ1) is 5.81. The summed E-state index contributed by atoms with van der Waals surface area (Å²) in [5, 5.41) is 0. The average Bonchev–Trinajstić information content (AvgIpc) is 2.15. The Kier molecular flexibility index (Phi) is 2.71. The second-order valence-electron chi connectivity index (χ2n) is 4.50. The van der Waals surface area contributed by atoms with Crippen LogP contribution in [-0.2, 0) is 13.5 Å². The van der Waals surface area contributed by atoms with Crippen LogP contribution in [-0.4, -0.2) is 9.55 Å². The van der Waals surface area contributed by atoms with E-state index in [-0.39, 0.29) is 5.41 Å². The van der Waals surface area contributed by atoms with Crippen molar-refractivity contribution < 1.29 is 0 Å². The first-order valence-corrected chi connectivity index (χ1v) is 5.07. The van der Waals surface area contributed by atoms with Crippen molar-refractivity contribution in [2.45, 2.75) is 27.2 Å². The molecule has 1 heterocycles. The number of nitrogens with two attached hydrogens (primary N) is 1. The molecule has 0 spiro atoms. The van der Waals surface area contributed by atoms with Gasteiger partial charge in [0.05, 0.1) is 0 Å². The lowest BCUT2D eigenvalue weighted by molar-refractivity contribution is 0.396. The van der Waals surface area contributed by atoms with Crippen molar-refractivity contribution in [2.24, 2.45) is 12.5 Å². The van der Waals surface area contributed by atoms with Crippen molar-refractivity contribution in [2.75, 3.05) is 5.73 Å². The molecule has 2 N–H and O–H groups in total. The fraction of sp³-hybridized carbons (Fsp3) is 0.667. The van der Waals surface area contributed by atoms with E-state index in [1.54, 1.807) is 0 Å². The summed E-state index contributed by atoms with van der Waals surface area (Å²) in [5.74, 6) is 1.72. The molecule has 0 bridgehead atoms. The van der Waals surface area contributed by atoms with E-state index in [2.05, 4.69) is 41.7 Å². The van der Waals surface area contributed by atoms with Crippen LogP contribution < -0.4 is 5.73 Å². The molecule has 0 radical (unpaired) electrons. The second kappa shape index (κ2) is 3.33. The van der Waals surface area contributed by atoms with E-state index in [1.807, 2.05) is 11.6 Å². The Morgan fingerprint density at radius 1 is 1.46 bits per heavy atom. The van der Waals surface area contributed by atoms with E-state index in [4.69, 9.17) is 5.73 Å². The molecule has 0 aliphatic heterocycles. The van der Waals surface area contributed by atoms with Gasteiger partial charge in [-0.25, -0.2) is 4.98 Å². The molecular formula is C9H16BrN3. The monoisotopic (exact) mass is 245 g/mol. The Balaban J connectivity index is 2.97. The van der Waals surface area contributed by atoms with Gasteiger partial charge in [0.15, 0.2) is 0 Å². The number of hydrogen-bond donors (Lipinski definition) is 1. The number of imidazole rings is 1. The number of halogens is 1. The van der Waals surface area contributed by atoms with Crippen molar-refractivity contribution in [1.29, 1.82) is 0 Å². The summed E-state index contributed by atoms with van der Waals surface area (Å²) >= 11 is 3.32. The molecule has 3 nitrogen and oxygen atoms in total. The molecule has 0 fully saturated rings. The summed E-state index contributed by atoms with van der Waals surface area (Å²) in [5.41, 5.74) is 6.02. The van der Waals surface area contributed by atoms with Crippen molar-refractivity contribution in [3.05, 3.63) is 10.4 Å². The number of nitrogens with zero attached hydrogens (tertiary/aromatic N) is 2. The van der Waals surface area contributed by atoms with Gasteiger partial charge in [0.2, 0.25) is 0 Å². The molecular weight excluding hydrogens is 230 g/mol. The van der Waals surface area contributed by atoms with Crippen LogP contribution in [0, 0.1) is 5.41 Å². The van der Waals surface area contributed by atoms with Crippen LogP contribution in [0.3, 0.4) is 0 Å². The Labute approximate surface area is 87.5 Å². The van der Waals surface area contributed by atoms with E-state index >= 15 is 0 Å².